The van der Waals surface area contributed by atoms with Gasteiger partial charge in [0.1, 0.15) is 17.3 Å². The first-order valence-electron chi connectivity index (χ1n) is 7.64. The molecule has 2 aromatic rings. The second kappa shape index (κ2) is 7.10. The SMILES string of the molecule is COc1ccc(OC)c(C2=C/C(=C/c3cccc([N+](=O)[O-])c3)C(=O)O2)c1. The van der Waals surface area contributed by atoms with Crippen molar-refractivity contribution in [2.45, 2.75) is 0 Å². The van der Waals surface area contributed by atoms with Crippen LogP contribution in [-0.2, 0) is 9.53 Å². The van der Waals surface area contributed by atoms with E-state index in [1.165, 1.54) is 32.4 Å². The minimum atomic E-state index is -0.545. The normalized spacial score (nSPS) is 14.8. The fraction of sp³-hybridized carbons (Fsp3) is 0.105. The van der Waals surface area contributed by atoms with Crippen LogP contribution >= 0.6 is 0 Å². The third kappa shape index (κ3) is 3.41. The summed E-state index contributed by atoms with van der Waals surface area (Å²) in [5.74, 6) is 0.897. The fourth-order valence-corrected chi connectivity index (χ4v) is 2.54. The highest BCUT2D eigenvalue weighted by Gasteiger charge is 2.24. The van der Waals surface area contributed by atoms with Gasteiger partial charge in [-0.05, 0) is 35.9 Å². The lowest BCUT2D eigenvalue weighted by atomic mass is 10.1. The van der Waals surface area contributed by atoms with E-state index in [4.69, 9.17) is 14.2 Å². The maximum atomic E-state index is 12.2. The molecule has 7 nitrogen and oxygen atoms in total. The number of ether oxygens (including phenoxy) is 3. The highest BCUT2D eigenvalue weighted by atomic mass is 16.6. The molecular formula is C19H15NO6. The Morgan fingerprint density at radius 1 is 1.12 bits per heavy atom. The average molecular weight is 353 g/mol. The van der Waals surface area contributed by atoms with Crippen molar-refractivity contribution >= 4 is 23.5 Å². The third-order valence-electron chi connectivity index (χ3n) is 3.80. The molecule has 26 heavy (non-hydrogen) atoms. The number of esters is 1. The molecule has 0 radical (unpaired) electrons. The number of nitro groups is 1. The van der Waals surface area contributed by atoms with Gasteiger partial charge in [-0.25, -0.2) is 4.79 Å². The van der Waals surface area contributed by atoms with Crippen LogP contribution in [0.15, 0.2) is 54.1 Å². The summed E-state index contributed by atoms with van der Waals surface area (Å²) in [5.41, 5.74) is 1.33. The van der Waals surface area contributed by atoms with Gasteiger partial charge in [0.15, 0.2) is 0 Å². The highest BCUT2D eigenvalue weighted by molar-refractivity contribution is 6.05. The number of carbonyl (C=O) groups excluding carboxylic acids is 1. The van der Waals surface area contributed by atoms with Crippen LogP contribution in [-0.4, -0.2) is 25.1 Å². The molecule has 1 aliphatic rings. The van der Waals surface area contributed by atoms with Gasteiger partial charge in [-0.2, -0.15) is 0 Å². The lowest BCUT2D eigenvalue weighted by Gasteiger charge is -2.10. The van der Waals surface area contributed by atoms with Gasteiger partial charge in [0, 0.05) is 12.1 Å². The van der Waals surface area contributed by atoms with E-state index in [2.05, 4.69) is 0 Å². The predicted octanol–water partition coefficient (Wildman–Crippen LogP) is 3.59. The second-order valence-electron chi connectivity index (χ2n) is 5.42. The zero-order valence-corrected chi connectivity index (χ0v) is 14.1. The lowest BCUT2D eigenvalue weighted by molar-refractivity contribution is -0.384. The van der Waals surface area contributed by atoms with Gasteiger partial charge >= 0.3 is 5.97 Å². The molecule has 2 aromatic carbocycles. The van der Waals surface area contributed by atoms with E-state index in [9.17, 15) is 14.9 Å². The third-order valence-corrected chi connectivity index (χ3v) is 3.80. The van der Waals surface area contributed by atoms with E-state index in [0.717, 1.165) is 0 Å². The number of hydrogen-bond acceptors (Lipinski definition) is 6. The predicted molar refractivity (Wildman–Crippen MR) is 94.7 cm³/mol. The molecule has 0 unspecified atom stereocenters. The average Bonchev–Trinajstić information content (AvgIpc) is 3.01. The van der Waals surface area contributed by atoms with Gasteiger partial charge in [0.05, 0.1) is 30.3 Å². The number of cyclic esters (lactones) is 1. The zero-order valence-electron chi connectivity index (χ0n) is 14.1. The number of non-ortho nitro benzene ring substituents is 1. The molecule has 3 rings (SSSR count). The monoisotopic (exact) mass is 353 g/mol. The molecule has 1 aliphatic heterocycles. The van der Waals surface area contributed by atoms with E-state index < -0.39 is 10.9 Å². The maximum Gasteiger partial charge on any atom is 0.343 e. The largest absolute Gasteiger partial charge is 0.497 e. The molecule has 1 heterocycles. The molecule has 0 atom stereocenters. The van der Waals surface area contributed by atoms with Crippen LogP contribution < -0.4 is 9.47 Å². The Labute approximate surface area is 149 Å². The molecule has 0 aromatic heterocycles. The molecule has 0 saturated carbocycles. The first-order valence-corrected chi connectivity index (χ1v) is 7.64. The van der Waals surface area contributed by atoms with Crippen molar-refractivity contribution in [2.24, 2.45) is 0 Å². The summed E-state index contributed by atoms with van der Waals surface area (Å²) in [6.45, 7) is 0. The van der Waals surface area contributed by atoms with Crippen molar-refractivity contribution in [1.82, 2.24) is 0 Å². The van der Waals surface area contributed by atoms with Gasteiger partial charge in [-0.1, -0.05) is 12.1 Å². The van der Waals surface area contributed by atoms with Gasteiger partial charge in [-0.3, -0.25) is 10.1 Å². The van der Waals surface area contributed by atoms with Crippen LogP contribution in [0.25, 0.3) is 11.8 Å². The Bertz CT molecular complexity index is 945. The van der Waals surface area contributed by atoms with Gasteiger partial charge < -0.3 is 14.2 Å². The van der Waals surface area contributed by atoms with Crippen LogP contribution in [0.3, 0.4) is 0 Å². The molecular weight excluding hydrogens is 338 g/mol. The molecule has 0 N–H and O–H groups in total. The van der Waals surface area contributed by atoms with E-state index in [1.54, 1.807) is 36.4 Å². The molecule has 0 fully saturated rings. The number of hydrogen-bond donors (Lipinski definition) is 0. The summed E-state index contributed by atoms with van der Waals surface area (Å²) in [5, 5.41) is 10.9. The van der Waals surface area contributed by atoms with Crippen LogP contribution in [0.5, 0.6) is 11.5 Å². The molecule has 0 amide bonds. The molecule has 0 bridgehead atoms. The Balaban J connectivity index is 2.00. The number of methoxy groups -OCH3 is 2. The van der Waals surface area contributed by atoms with E-state index >= 15 is 0 Å². The van der Waals surface area contributed by atoms with Crippen LogP contribution in [0.1, 0.15) is 11.1 Å². The first-order chi connectivity index (χ1) is 12.5. The Morgan fingerprint density at radius 2 is 1.92 bits per heavy atom. The standard InChI is InChI=1S/C19H15NO6/c1-24-15-6-7-17(25-2)16(11-15)18-10-13(19(21)26-18)8-12-4-3-5-14(9-12)20(22)23/h3-11H,1-2H3/b13-8-. The van der Waals surface area contributed by atoms with Crippen molar-refractivity contribution in [3.8, 4) is 11.5 Å². The Morgan fingerprint density at radius 3 is 2.62 bits per heavy atom. The second-order valence-corrected chi connectivity index (χ2v) is 5.42. The Kier molecular flexibility index (Phi) is 4.70. The topological polar surface area (TPSA) is 87.9 Å². The summed E-state index contributed by atoms with van der Waals surface area (Å²) in [6, 6.07) is 11.2. The molecule has 0 spiro atoms. The quantitative estimate of drug-likeness (QED) is 0.353. The number of benzene rings is 2. The molecule has 0 aliphatic carbocycles. The van der Waals surface area contributed by atoms with Crippen molar-refractivity contribution in [3.05, 3.63) is 75.4 Å². The zero-order chi connectivity index (χ0) is 18.7. The van der Waals surface area contributed by atoms with Crippen molar-refractivity contribution in [1.29, 1.82) is 0 Å². The van der Waals surface area contributed by atoms with E-state index in [-0.39, 0.29) is 11.3 Å². The number of nitrogens with zero attached hydrogens (tertiary/aromatic N) is 1. The smallest absolute Gasteiger partial charge is 0.343 e. The molecule has 132 valence electrons. The minimum Gasteiger partial charge on any atom is -0.497 e. The fourth-order valence-electron chi connectivity index (χ4n) is 2.54. The van der Waals surface area contributed by atoms with E-state index in [1.807, 2.05) is 0 Å². The summed E-state index contributed by atoms with van der Waals surface area (Å²) in [4.78, 5) is 22.6. The highest BCUT2D eigenvalue weighted by Crippen LogP contribution is 2.35. The maximum absolute atomic E-state index is 12.2. The van der Waals surface area contributed by atoms with Crippen molar-refractivity contribution in [3.63, 3.8) is 0 Å². The van der Waals surface area contributed by atoms with Gasteiger partial charge in [-0.15, -0.1) is 0 Å². The summed E-state index contributed by atoms with van der Waals surface area (Å²) in [7, 11) is 3.05. The molecule has 0 saturated heterocycles. The number of nitro benzene ring substituents is 1. The summed E-state index contributed by atoms with van der Waals surface area (Å²) >= 11 is 0. The van der Waals surface area contributed by atoms with Crippen LogP contribution in [0, 0.1) is 10.1 Å². The Hall–Kier alpha value is -3.61. The summed E-state index contributed by atoms with van der Waals surface area (Å²) < 4.78 is 15.8. The van der Waals surface area contributed by atoms with Crippen molar-refractivity contribution < 1.29 is 23.9 Å². The lowest BCUT2D eigenvalue weighted by Crippen LogP contribution is -1.99. The van der Waals surface area contributed by atoms with Crippen LogP contribution in [0.2, 0.25) is 0 Å². The van der Waals surface area contributed by atoms with Gasteiger partial charge in [0.2, 0.25) is 0 Å². The number of carbonyl (C=O) groups is 1. The minimum absolute atomic E-state index is 0.0515. The van der Waals surface area contributed by atoms with Gasteiger partial charge in [0.25, 0.3) is 5.69 Å². The first kappa shape index (κ1) is 17.2. The van der Waals surface area contributed by atoms with Crippen molar-refractivity contribution in [2.75, 3.05) is 14.2 Å². The molecule has 7 heteroatoms. The number of rotatable bonds is 5. The summed E-state index contributed by atoms with van der Waals surface area (Å²) in [6.07, 6.45) is 3.10. The van der Waals surface area contributed by atoms with Crippen LogP contribution in [0.4, 0.5) is 5.69 Å². The van der Waals surface area contributed by atoms with E-state index in [0.29, 0.717) is 28.4 Å².